The highest BCUT2D eigenvalue weighted by Gasteiger charge is 2.07. The molecule has 0 fully saturated rings. The van der Waals surface area contributed by atoms with Crippen molar-refractivity contribution in [3.63, 3.8) is 0 Å². The van der Waals surface area contributed by atoms with E-state index in [-0.39, 0.29) is 25.1 Å². The van der Waals surface area contributed by atoms with Gasteiger partial charge < -0.3 is 14.8 Å². The van der Waals surface area contributed by atoms with Crippen LogP contribution in [0.25, 0.3) is 6.08 Å². The molecule has 3 aromatic rings. The number of anilines is 1. The van der Waals surface area contributed by atoms with Gasteiger partial charge >= 0.3 is 11.7 Å². The first-order valence-electron chi connectivity index (χ1n) is 10.5. The first kappa shape index (κ1) is 25.3. The van der Waals surface area contributed by atoms with Crippen molar-refractivity contribution in [1.82, 2.24) is 14.5 Å². The molecule has 0 saturated heterocycles. The van der Waals surface area contributed by atoms with Gasteiger partial charge in [-0.25, -0.2) is 14.6 Å². The third kappa shape index (κ3) is 7.60. The molecule has 0 atom stereocenters. The number of aromatic nitrogens is 3. The molecule has 1 aromatic heterocycles. The molecule has 0 aliphatic heterocycles. The number of halogens is 2. The molecule has 0 unspecified atom stereocenters. The molecule has 0 bridgehead atoms. The molecule has 3 rings (SSSR count). The Labute approximate surface area is 207 Å². The molecule has 10 heteroatoms. The minimum absolute atomic E-state index is 0.0262. The van der Waals surface area contributed by atoms with Crippen LogP contribution in [0.4, 0.5) is 5.69 Å². The van der Waals surface area contributed by atoms with Crippen molar-refractivity contribution < 1.29 is 14.3 Å². The van der Waals surface area contributed by atoms with E-state index in [0.29, 0.717) is 22.3 Å². The normalized spacial score (nSPS) is 11.1. The molecule has 0 amide bonds. The van der Waals surface area contributed by atoms with Crippen molar-refractivity contribution in [2.45, 2.75) is 26.5 Å². The standard InChI is InChI=1S/C24H24Cl2N4O4/c1-16(2)34-21-8-7-19(13-20(21)26)27-11-12-33-23(31)10-9-22-28-15-29-24(32)30(22)14-17-3-5-18(25)6-4-17/h3-10,13,15-16,27H,11-12,14H2,1-2H3. The Kier molecular flexibility index (Phi) is 9.07. The lowest BCUT2D eigenvalue weighted by molar-refractivity contribution is -0.137. The lowest BCUT2D eigenvalue weighted by Crippen LogP contribution is -2.26. The van der Waals surface area contributed by atoms with E-state index < -0.39 is 11.7 Å². The number of carbonyl (C=O) groups is 1. The largest absolute Gasteiger partial charge is 0.489 e. The van der Waals surface area contributed by atoms with Gasteiger partial charge in [0.1, 0.15) is 24.5 Å². The van der Waals surface area contributed by atoms with Gasteiger partial charge in [0.25, 0.3) is 0 Å². The summed E-state index contributed by atoms with van der Waals surface area (Å²) >= 11 is 12.1. The van der Waals surface area contributed by atoms with E-state index in [1.165, 1.54) is 16.7 Å². The zero-order chi connectivity index (χ0) is 24.5. The molecule has 178 valence electrons. The number of nitrogens with zero attached hydrogens (tertiary/aromatic N) is 3. The Hall–Kier alpha value is -3.36. The van der Waals surface area contributed by atoms with Crippen LogP contribution in [0.15, 0.2) is 59.7 Å². The fourth-order valence-corrected chi connectivity index (χ4v) is 3.28. The van der Waals surface area contributed by atoms with Gasteiger partial charge in [0.05, 0.1) is 17.7 Å². The number of hydrogen-bond acceptors (Lipinski definition) is 7. The van der Waals surface area contributed by atoms with Gasteiger partial charge in [-0.3, -0.25) is 4.57 Å². The van der Waals surface area contributed by atoms with Crippen LogP contribution in [0.5, 0.6) is 5.75 Å². The zero-order valence-electron chi connectivity index (χ0n) is 18.7. The van der Waals surface area contributed by atoms with E-state index in [0.717, 1.165) is 17.6 Å². The Bertz CT molecular complexity index is 1210. The highest BCUT2D eigenvalue weighted by Crippen LogP contribution is 2.28. The summed E-state index contributed by atoms with van der Waals surface area (Å²) in [5.74, 6) is 0.325. The number of esters is 1. The number of carbonyl (C=O) groups excluding carboxylic acids is 1. The summed E-state index contributed by atoms with van der Waals surface area (Å²) < 4.78 is 12.2. The highest BCUT2D eigenvalue weighted by atomic mass is 35.5. The van der Waals surface area contributed by atoms with Gasteiger partial charge in [-0.15, -0.1) is 0 Å². The third-order valence-electron chi connectivity index (χ3n) is 4.46. The number of hydrogen-bond donors (Lipinski definition) is 1. The zero-order valence-corrected chi connectivity index (χ0v) is 20.2. The van der Waals surface area contributed by atoms with Gasteiger partial charge in [0.15, 0.2) is 0 Å². The van der Waals surface area contributed by atoms with E-state index in [2.05, 4.69) is 15.3 Å². The maximum atomic E-state index is 12.2. The lowest BCUT2D eigenvalue weighted by atomic mass is 10.2. The lowest BCUT2D eigenvalue weighted by Gasteiger charge is -2.13. The van der Waals surface area contributed by atoms with E-state index in [1.54, 1.807) is 36.4 Å². The first-order chi connectivity index (χ1) is 16.3. The molecule has 2 aromatic carbocycles. The van der Waals surface area contributed by atoms with Crippen LogP contribution >= 0.6 is 23.2 Å². The van der Waals surface area contributed by atoms with E-state index in [9.17, 15) is 9.59 Å². The van der Waals surface area contributed by atoms with Gasteiger partial charge in [-0.1, -0.05) is 35.3 Å². The summed E-state index contributed by atoms with van der Waals surface area (Å²) in [6, 6.07) is 12.4. The molecule has 0 saturated carbocycles. The van der Waals surface area contributed by atoms with E-state index >= 15 is 0 Å². The van der Waals surface area contributed by atoms with Crippen LogP contribution in [0.3, 0.4) is 0 Å². The second-order valence-corrected chi connectivity index (χ2v) is 8.31. The van der Waals surface area contributed by atoms with Crippen LogP contribution in [0.1, 0.15) is 25.2 Å². The van der Waals surface area contributed by atoms with Crippen molar-refractivity contribution in [1.29, 1.82) is 0 Å². The van der Waals surface area contributed by atoms with E-state index in [1.807, 2.05) is 19.9 Å². The third-order valence-corrected chi connectivity index (χ3v) is 5.01. The molecule has 8 nitrogen and oxygen atoms in total. The van der Waals surface area contributed by atoms with Crippen LogP contribution in [-0.4, -0.2) is 39.8 Å². The van der Waals surface area contributed by atoms with Crippen molar-refractivity contribution in [2.75, 3.05) is 18.5 Å². The molecule has 1 heterocycles. The minimum atomic E-state index is -0.565. The quantitative estimate of drug-likeness (QED) is 0.248. The molecule has 0 aliphatic carbocycles. The molecule has 0 spiro atoms. The Morgan fingerprint density at radius 3 is 2.62 bits per heavy atom. The Morgan fingerprint density at radius 1 is 1.15 bits per heavy atom. The second kappa shape index (κ2) is 12.2. The van der Waals surface area contributed by atoms with E-state index in [4.69, 9.17) is 32.7 Å². The molecule has 34 heavy (non-hydrogen) atoms. The topological polar surface area (TPSA) is 95.3 Å². The van der Waals surface area contributed by atoms with Crippen molar-refractivity contribution in [3.05, 3.63) is 86.8 Å². The van der Waals surface area contributed by atoms with Crippen molar-refractivity contribution in [3.8, 4) is 5.75 Å². The van der Waals surface area contributed by atoms with Gasteiger partial charge in [-0.05, 0) is 55.8 Å². The van der Waals surface area contributed by atoms with Gasteiger partial charge in [0.2, 0.25) is 0 Å². The maximum Gasteiger partial charge on any atom is 0.350 e. The van der Waals surface area contributed by atoms with Gasteiger partial charge in [-0.2, -0.15) is 4.98 Å². The Morgan fingerprint density at radius 2 is 1.91 bits per heavy atom. The summed E-state index contributed by atoms with van der Waals surface area (Å²) in [7, 11) is 0. The van der Waals surface area contributed by atoms with Crippen LogP contribution in [0, 0.1) is 0 Å². The molecular weight excluding hydrogens is 479 g/mol. The predicted octanol–water partition coefficient (Wildman–Crippen LogP) is 4.45. The molecule has 0 aliphatic rings. The summed E-state index contributed by atoms with van der Waals surface area (Å²) in [5, 5.41) is 4.22. The first-order valence-corrected chi connectivity index (χ1v) is 11.3. The number of ether oxygens (including phenoxy) is 2. The Balaban J connectivity index is 1.52. The second-order valence-electron chi connectivity index (χ2n) is 7.47. The average Bonchev–Trinajstić information content (AvgIpc) is 2.80. The monoisotopic (exact) mass is 502 g/mol. The number of benzene rings is 2. The minimum Gasteiger partial charge on any atom is -0.489 e. The van der Waals surface area contributed by atoms with Crippen molar-refractivity contribution >= 4 is 40.9 Å². The van der Waals surface area contributed by atoms with Gasteiger partial charge in [0, 0.05) is 23.3 Å². The van der Waals surface area contributed by atoms with Crippen LogP contribution < -0.4 is 15.7 Å². The fourth-order valence-electron chi connectivity index (χ4n) is 2.93. The molecule has 0 radical (unpaired) electrons. The summed E-state index contributed by atoms with van der Waals surface area (Å²) in [4.78, 5) is 32.1. The summed E-state index contributed by atoms with van der Waals surface area (Å²) in [5.41, 5.74) is 1.14. The maximum absolute atomic E-state index is 12.2. The molecular formula is C24H24Cl2N4O4. The molecule has 1 N–H and O–H groups in total. The number of rotatable bonds is 10. The van der Waals surface area contributed by atoms with Crippen molar-refractivity contribution in [2.24, 2.45) is 0 Å². The van der Waals surface area contributed by atoms with Crippen LogP contribution in [-0.2, 0) is 16.1 Å². The SMILES string of the molecule is CC(C)Oc1ccc(NCCOC(=O)C=Cc2ncnc(=O)n2Cc2ccc(Cl)cc2)cc1Cl. The van der Waals surface area contributed by atoms with Crippen LogP contribution in [0.2, 0.25) is 10.0 Å². The number of nitrogens with one attached hydrogen (secondary N) is 1. The summed E-state index contributed by atoms with van der Waals surface area (Å²) in [6.45, 7) is 4.60. The highest BCUT2D eigenvalue weighted by molar-refractivity contribution is 6.32. The average molecular weight is 503 g/mol. The summed E-state index contributed by atoms with van der Waals surface area (Å²) in [6.07, 6.45) is 3.81. The smallest absolute Gasteiger partial charge is 0.350 e. The predicted molar refractivity (Wildman–Crippen MR) is 133 cm³/mol. The fraction of sp³-hybridized carbons (Fsp3) is 0.250.